The standard InChI is InChI=1S/C14H24N4O2/c1-9-12(13(16)19)14(18(2)17-9)20-8-11-6-4-3-5-10(11)7-15/h10-11H,3-8,15H2,1-2H3,(H2,16,19). The second kappa shape index (κ2) is 6.26. The summed E-state index contributed by atoms with van der Waals surface area (Å²) in [6, 6.07) is 0. The summed E-state index contributed by atoms with van der Waals surface area (Å²) in [5, 5.41) is 4.20. The van der Waals surface area contributed by atoms with Crippen molar-refractivity contribution in [3.63, 3.8) is 0 Å². The van der Waals surface area contributed by atoms with Crippen LogP contribution in [0.2, 0.25) is 0 Å². The van der Waals surface area contributed by atoms with E-state index in [1.54, 1.807) is 18.7 Å². The predicted octanol–water partition coefficient (Wildman–Crippen LogP) is 0.971. The monoisotopic (exact) mass is 280 g/mol. The highest BCUT2D eigenvalue weighted by Gasteiger charge is 2.26. The maximum Gasteiger partial charge on any atom is 0.256 e. The zero-order valence-electron chi connectivity index (χ0n) is 12.3. The fourth-order valence-corrected chi connectivity index (χ4v) is 3.09. The Morgan fingerprint density at radius 1 is 1.40 bits per heavy atom. The van der Waals surface area contributed by atoms with Crippen molar-refractivity contribution >= 4 is 5.91 Å². The van der Waals surface area contributed by atoms with Crippen LogP contribution in [0.3, 0.4) is 0 Å². The van der Waals surface area contributed by atoms with Gasteiger partial charge >= 0.3 is 0 Å². The minimum atomic E-state index is -0.496. The van der Waals surface area contributed by atoms with Gasteiger partial charge in [0.2, 0.25) is 5.88 Å². The molecule has 2 atom stereocenters. The number of rotatable bonds is 5. The first-order valence-electron chi connectivity index (χ1n) is 7.20. The number of aromatic nitrogens is 2. The van der Waals surface area contributed by atoms with Gasteiger partial charge in [0.15, 0.2) is 0 Å². The van der Waals surface area contributed by atoms with E-state index in [1.807, 2.05) is 0 Å². The number of carbonyl (C=O) groups is 1. The van der Waals surface area contributed by atoms with E-state index < -0.39 is 5.91 Å². The second-order valence-corrected chi connectivity index (χ2v) is 5.60. The van der Waals surface area contributed by atoms with Crippen molar-refractivity contribution in [1.29, 1.82) is 0 Å². The van der Waals surface area contributed by atoms with Crippen LogP contribution in [0.5, 0.6) is 5.88 Å². The summed E-state index contributed by atoms with van der Waals surface area (Å²) in [5.74, 6) is 0.931. The summed E-state index contributed by atoms with van der Waals surface area (Å²) >= 11 is 0. The summed E-state index contributed by atoms with van der Waals surface area (Å²) in [6.45, 7) is 3.03. The molecule has 1 aliphatic rings. The molecule has 1 aliphatic carbocycles. The van der Waals surface area contributed by atoms with Crippen molar-refractivity contribution in [1.82, 2.24) is 9.78 Å². The molecule has 1 fully saturated rings. The number of ether oxygens (including phenoxy) is 1. The Balaban J connectivity index is 2.08. The Kier molecular flexibility index (Phi) is 4.65. The molecule has 1 heterocycles. The van der Waals surface area contributed by atoms with E-state index in [1.165, 1.54) is 12.8 Å². The molecule has 0 saturated heterocycles. The molecule has 20 heavy (non-hydrogen) atoms. The Morgan fingerprint density at radius 3 is 2.65 bits per heavy atom. The van der Waals surface area contributed by atoms with Crippen LogP contribution in [0.25, 0.3) is 0 Å². The van der Waals surface area contributed by atoms with Crippen LogP contribution < -0.4 is 16.2 Å². The third-order valence-corrected chi connectivity index (χ3v) is 4.22. The van der Waals surface area contributed by atoms with Crippen molar-refractivity contribution in [2.24, 2.45) is 30.4 Å². The molecule has 0 aliphatic heterocycles. The molecular formula is C14H24N4O2. The van der Waals surface area contributed by atoms with Crippen LogP contribution in [0, 0.1) is 18.8 Å². The molecule has 1 amide bonds. The minimum absolute atomic E-state index is 0.382. The van der Waals surface area contributed by atoms with Gasteiger partial charge in [-0.15, -0.1) is 0 Å². The first-order chi connectivity index (χ1) is 9.54. The number of hydrogen-bond acceptors (Lipinski definition) is 4. The van der Waals surface area contributed by atoms with Gasteiger partial charge < -0.3 is 16.2 Å². The highest BCUT2D eigenvalue weighted by molar-refractivity contribution is 5.96. The lowest BCUT2D eigenvalue weighted by Gasteiger charge is -2.30. The third kappa shape index (κ3) is 2.95. The number of aryl methyl sites for hydroxylation is 2. The predicted molar refractivity (Wildman–Crippen MR) is 76.5 cm³/mol. The van der Waals surface area contributed by atoms with Gasteiger partial charge in [-0.2, -0.15) is 5.10 Å². The summed E-state index contributed by atoms with van der Waals surface area (Å²) in [4.78, 5) is 11.5. The number of amides is 1. The van der Waals surface area contributed by atoms with Gasteiger partial charge in [-0.25, -0.2) is 4.68 Å². The average Bonchev–Trinajstić information content (AvgIpc) is 2.71. The average molecular weight is 280 g/mol. The number of carbonyl (C=O) groups excluding carboxylic acids is 1. The molecule has 1 saturated carbocycles. The maximum absolute atomic E-state index is 11.5. The maximum atomic E-state index is 11.5. The highest BCUT2D eigenvalue weighted by atomic mass is 16.5. The van der Waals surface area contributed by atoms with E-state index in [0.717, 1.165) is 12.8 Å². The molecule has 6 nitrogen and oxygen atoms in total. The van der Waals surface area contributed by atoms with Gasteiger partial charge in [0.25, 0.3) is 5.91 Å². The van der Waals surface area contributed by atoms with E-state index >= 15 is 0 Å². The van der Waals surface area contributed by atoms with Crippen LogP contribution >= 0.6 is 0 Å². The van der Waals surface area contributed by atoms with Crippen molar-refractivity contribution in [3.8, 4) is 5.88 Å². The van der Waals surface area contributed by atoms with Crippen LogP contribution in [0.4, 0.5) is 0 Å². The number of primary amides is 1. The summed E-state index contributed by atoms with van der Waals surface area (Å²) in [6.07, 6.45) is 4.76. The summed E-state index contributed by atoms with van der Waals surface area (Å²) in [7, 11) is 1.76. The second-order valence-electron chi connectivity index (χ2n) is 5.60. The van der Waals surface area contributed by atoms with Crippen molar-refractivity contribution in [3.05, 3.63) is 11.3 Å². The molecule has 1 aromatic rings. The number of hydrogen-bond donors (Lipinski definition) is 2. The molecule has 0 spiro atoms. The fraction of sp³-hybridized carbons (Fsp3) is 0.714. The largest absolute Gasteiger partial charge is 0.477 e. The van der Waals surface area contributed by atoms with Gasteiger partial charge in [-0.05, 0) is 38.1 Å². The van der Waals surface area contributed by atoms with Crippen molar-refractivity contribution in [2.45, 2.75) is 32.6 Å². The molecular weight excluding hydrogens is 256 g/mol. The lowest BCUT2D eigenvalue weighted by molar-refractivity contribution is 0.0989. The van der Waals surface area contributed by atoms with E-state index in [0.29, 0.717) is 42.1 Å². The zero-order valence-corrected chi connectivity index (χ0v) is 12.3. The Labute approximate surface area is 119 Å². The van der Waals surface area contributed by atoms with Crippen LogP contribution in [0.15, 0.2) is 0 Å². The molecule has 112 valence electrons. The van der Waals surface area contributed by atoms with Gasteiger partial charge in [-0.3, -0.25) is 4.79 Å². The number of nitrogens with zero attached hydrogens (tertiary/aromatic N) is 2. The fourth-order valence-electron chi connectivity index (χ4n) is 3.09. The first kappa shape index (κ1) is 14.8. The van der Waals surface area contributed by atoms with Crippen LogP contribution in [0.1, 0.15) is 41.7 Å². The molecule has 0 radical (unpaired) electrons. The van der Waals surface area contributed by atoms with E-state index in [2.05, 4.69) is 5.10 Å². The smallest absolute Gasteiger partial charge is 0.256 e. The zero-order chi connectivity index (χ0) is 14.7. The molecule has 0 aromatic carbocycles. The lowest BCUT2D eigenvalue weighted by Crippen LogP contribution is -2.31. The third-order valence-electron chi connectivity index (χ3n) is 4.22. The van der Waals surface area contributed by atoms with E-state index in [4.69, 9.17) is 16.2 Å². The van der Waals surface area contributed by atoms with Gasteiger partial charge in [-0.1, -0.05) is 12.8 Å². The van der Waals surface area contributed by atoms with Gasteiger partial charge in [0.1, 0.15) is 5.56 Å². The van der Waals surface area contributed by atoms with Crippen molar-refractivity contribution in [2.75, 3.05) is 13.2 Å². The summed E-state index contributed by atoms with van der Waals surface area (Å²) in [5.41, 5.74) is 12.2. The molecule has 6 heteroatoms. The van der Waals surface area contributed by atoms with Crippen LogP contribution in [-0.2, 0) is 7.05 Å². The van der Waals surface area contributed by atoms with Crippen molar-refractivity contribution < 1.29 is 9.53 Å². The Bertz CT molecular complexity index is 484. The molecule has 2 unspecified atom stereocenters. The highest BCUT2D eigenvalue weighted by Crippen LogP contribution is 2.30. The van der Waals surface area contributed by atoms with Gasteiger partial charge in [0, 0.05) is 7.05 Å². The van der Waals surface area contributed by atoms with E-state index in [-0.39, 0.29) is 0 Å². The SMILES string of the molecule is Cc1nn(C)c(OCC2CCCCC2CN)c1C(N)=O. The molecule has 0 bridgehead atoms. The normalized spacial score (nSPS) is 22.8. The molecule has 4 N–H and O–H groups in total. The Hall–Kier alpha value is -1.56. The van der Waals surface area contributed by atoms with Crippen LogP contribution in [-0.4, -0.2) is 28.8 Å². The first-order valence-corrected chi connectivity index (χ1v) is 7.20. The topological polar surface area (TPSA) is 96.2 Å². The molecule has 1 aromatic heterocycles. The summed E-state index contributed by atoms with van der Waals surface area (Å²) < 4.78 is 7.44. The van der Waals surface area contributed by atoms with E-state index in [9.17, 15) is 4.79 Å². The lowest BCUT2D eigenvalue weighted by atomic mass is 9.80. The minimum Gasteiger partial charge on any atom is -0.477 e. The Morgan fingerprint density at radius 2 is 2.05 bits per heavy atom. The molecule has 2 rings (SSSR count). The van der Waals surface area contributed by atoms with Gasteiger partial charge in [0.05, 0.1) is 12.3 Å². The number of nitrogens with two attached hydrogens (primary N) is 2. The quantitative estimate of drug-likeness (QED) is 0.840.